The summed E-state index contributed by atoms with van der Waals surface area (Å²) in [6.07, 6.45) is 1.50. The van der Waals surface area contributed by atoms with Crippen LogP contribution in [0.2, 0.25) is 0 Å². The predicted octanol–water partition coefficient (Wildman–Crippen LogP) is 1.05. The van der Waals surface area contributed by atoms with Crippen molar-refractivity contribution in [2.75, 3.05) is 12.3 Å². The van der Waals surface area contributed by atoms with Gasteiger partial charge >= 0.3 is 0 Å². The van der Waals surface area contributed by atoms with Crippen LogP contribution < -0.4 is 5.73 Å². The Bertz CT molecular complexity index is 1040. The van der Waals surface area contributed by atoms with Crippen LogP contribution in [-0.4, -0.2) is 54.7 Å². The average molecular weight is 413 g/mol. The van der Waals surface area contributed by atoms with E-state index in [9.17, 15) is 10.2 Å². The number of aliphatic hydroxyl groups excluding tert-OH is 2. The smallest absolute Gasteiger partial charge is 0.167 e. The Hall–Kier alpha value is -2.63. The number of aromatic nitrogens is 4. The summed E-state index contributed by atoms with van der Waals surface area (Å²) in [6, 6.07) is 8.14. The summed E-state index contributed by atoms with van der Waals surface area (Å²) in [6.45, 7) is -0.0306. The first-order valence-corrected chi connectivity index (χ1v) is 9.94. The molecule has 10 nitrogen and oxygen atoms in total. The molecule has 1 fully saturated rings. The number of imidazole rings is 1. The van der Waals surface area contributed by atoms with E-state index in [4.69, 9.17) is 20.2 Å². The first-order chi connectivity index (χ1) is 14.6. The molecule has 1 aromatic carbocycles. The van der Waals surface area contributed by atoms with Crippen molar-refractivity contribution in [2.45, 2.75) is 49.9 Å². The highest BCUT2D eigenvalue weighted by atomic mass is 17.2. The van der Waals surface area contributed by atoms with Crippen molar-refractivity contribution in [2.24, 2.45) is 0 Å². The number of ether oxygens (including phenoxy) is 1. The molecular weight excluding hydrogens is 390 g/mol. The third-order valence-electron chi connectivity index (χ3n) is 5.73. The van der Waals surface area contributed by atoms with Crippen LogP contribution in [0.3, 0.4) is 0 Å². The van der Waals surface area contributed by atoms with Crippen molar-refractivity contribution in [3.63, 3.8) is 0 Å². The second kappa shape index (κ2) is 7.89. The minimum absolute atomic E-state index is 0.0306. The third-order valence-corrected chi connectivity index (χ3v) is 5.73. The highest BCUT2D eigenvalue weighted by Gasteiger charge is 2.44. The minimum atomic E-state index is -1.19. The zero-order valence-corrected chi connectivity index (χ0v) is 16.2. The van der Waals surface area contributed by atoms with E-state index in [1.165, 1.54) is 22.8 Å². The normalized spacial score (nSPS) is 28.7. The van der Waals surface area contributed by atoms with Crippen LogP contribution in [0.4, 0.5) is 5.82 Å². The van der Waals surface area contributed by atoms with E-state index >= 15 is 0 Å². The molecule has 0 bridgehead atoms. The molecule has 5 atom stereocenters. The molecule has 3 aromatic rings. The van der Waals surface area contributed by atoms with Crippen LogP contribution >= 0.6 is 0 Å². The molecule has 4 N–H and O–H groups in total. The van der Waals surface area contributed by atoms with Gasteiger partial charge in [-0.05, 0) is 30.4 Å². The van der Waals surface area contributed by atoms with Crippen LogP contribution in [0.1, 0.15) is 36.3 Å². The Morgan fingerprint density at radius 3 is 2.93 bits per heavy atom. The van der Waals surface area contributed by atoms with Gasteiger partial charge in [-0.1, -0.05) is 24.3 Å². The van der Waals surface area contributed by atoms with Gasteiger partial charge in [-0.25, -0.2) is 24.7 Å². The highest BCUT2D eigenvalue weighted by Crippen LogP contribution is 2.34. The van der Waals surface area contributed by atoms with Gasteiger partial charge in [-0.2, -0.15) is 0 Å². The van der Waals surface area contributed by atoms with E-state index in [2.05, 4.69) is 21.0 Å². The summed E-state index contributed by atoms with van der Waals surface area (Å²) in [4.78, 5) is 23.3. The number of aryl methyl sites for hydroxylation is 1. The van der Waals surface area contributed by atoms with E-state index < -0.39 is 24.5 Å². The van der Waals surface area contributed by atoms with Crippen LogP contribution in [0.25, 0.3) is 11.2 Å². The van der Waals surface area contributed by atoms with Crippen molar-refractivity contribution in [3.8, 4) is 0 Å². The number of fused-ring (bicyclic) bond motifs is 2. The van der Waals surface area contributed by atoms with Crippen LogP contribution in [0.15, 0.2) is 36.9 Å². The van der Waals surface area contributed by atoms with E-state index in [0.717, 1.165) is 24.8 Å². The van der Waals surface area contributed by atoms with Crippen LogP contribution in [0, 0.1) is 0 Å². The van der Waals surface area contributed by atoms with Gasteiger partial charge in [0.1, 0.15) is 42.9 Å². The lowest BCUT2D eigenvalue weighted by molar-refractivity contribution is -0.341. The van der Waals surface area contributed by atoms with Gasteiger partial charge in [-0.3, -0.25) is 4.57 Å². The summed E-state index contributed by atoms with van der Waals surface area (Å²) in [5.74, 6) is 0.229. The van der Waals surface area contributed by atoms with E-state index in [-0.39, 0.29) is 18.5 Å². The van der Waals surface area contributed by atoms with Crippen LogP contribution in [-0.2, 0) is 20.9 Å². The predicted molar refractivity (Wildman–Crippen MR) is 105 cm³/mol. The molecule has 0 saturated carbocycles. The lowest BCUT2D eigenvalue weighted by Gasteiger charge is -2.25. The van der Waals surface area contributed by atoms with Crippen molar-refractivity contribution < 1.29 is 24.7 Å². The summed E-state index contributed by atoms with van der Waals surface area (Å²) in [7, 11) is 0. The average Bonchev–Trinajstić information content (AvgIpc) is 3.31. The van der Waals surface area contributed by atoms with E-state index in [0.29, 0.717) is 11.2 Å². The van der Waals surface area contributed by atoms with E-state index in [1.807, 2.05) is 18.2 Å². The molecule has 2 aliphatic rings. The monoisotopic (exact) mass is 413 g/mol. The fraction of sp³-hybridized carbons (Fsp3) is 0.450. The zero-order chi connectivity index (χ0) is 20.7. The van der Waals surface area contributed by atoms with Gasteiger partial charge in [0.05, 0.1) is 6.33 Å². The number of nitrogen functional groups attached to an aromatic ring is 1. The molecule has 30 heavy (non-hydrogen) atoms. The molecule has 1 saturated heterocycles. The molecule has 1 aliphatic heterocycles. The maximum atomic E-state index is 10.5. The van der Waals surface area contributed by atoms with Gasteiger partial charge < -0.3 is 20.7 Å². The summed E-state index contributed by atoms with van der Waals surface area (Å²) >= 11 is 0. The number of hydrogen-bond acceptors (Lipinski definition) is 9. The van der Waals surface area contributed by atoms with Gasteiger partial charge in [0.25, 0.3) is 0 Å². The standard InChI is InChI=1S/C20H23N5O5/c21-18-15-19(23-9-22-18)25(10-24-15)20-17(27)16(26)14(29-20)8-28-30-13-7-3-5-11-4-1-2-6-12(11)13/h1-2,4,6,9-10,13-14,16-17,20,26-27H,3,5,7-8H2,(H2,21,22,23)/t13-,14+,16+,17+,20+/m0/s1. The number of anilines is 1. The molecule has 3 heterocycles. The number of aliphatic hydroxyl groups is 2. The number of rotatable bonds is 5. The summed E-state index contributed by atoms with van der Waals surface area (Å²) < 4.78 is 7.38. The molecule has 5 rings (SSSR count). The second-order valence-corrected chi connectivity index (χ2v) is 7.59. The summed E-state index contributed by atoms with van der Waals surface area (Å²) in [5, 5.41) is 21.0. The van der Waals surface area contributed by atoms with Gasteiger partial charge in [-0.15, -0.1) is 0 Å². The topological polar surface area (TPSA) is 138 Å². The second-order valence-electron chi connectivity index (χ2n) is 7.59. The lowest BCUT2D eigenvalue weighted by atomic mass is 9.90. The maximum Gasteiger partial charge on any atom is 0.167 e. The Balaban J connectivity index is 1.25. The largest absolute Gasteiger partial charge is 0.387 e. The minimum Gasteiger partial charge on any atom is -0.387 e. The van der Waals surface area contributed by atoms with Crippen molar-refractivity contribution in [1.82, 2.24) is 19.5 Å². The number of benzene rings is 1. The molecule has 158 valence electrons. The third kappa shape index (κ3) is 3.32. The number of nitrogens with zero attached hydrogens (tertiary/aromatic N) is 4. The SMILES string of the molecule is Nc1ncnc2c1ncn2[C@@H]1O[C@H](COO[C@H]2CCCc3ccccc32)[C@@H](O)[C@H]1O. The van der Waals surface area contributed by atoms with Crippen LogP contribution in [0.5, 0.6) is 0 Å². The van der Waals surface area contributed by atoms with E-state index in [1.54, 1.807) is 0 Å². The molecule has 0 spiro atoms. The first kappa shape index (κ1) is 19.3. The van der Waals surface area contributed by atoms with Gasteiger partial charge in [0.2, 0.25) is 0 Å². The van der Waals surface area contributed by atoms with Gasteiger partial charge in [0.15, 0.2) is 17.7 Å². The lowest BCUT2D eigenvalue weighted by Crippen LogP contribution is -2.34. The quantitative estimate of drug-likeness (QED) is 0.414. The van der Waals surface area contributed by atoms with Crippen molar-refractivity contribution >= 4 is 17.0 Å². The Morgan fingerprint density at radius 2 is 2.03 bits per heavy atom. The maximum absolute atomic E-state index is 10.5. The molecule has 1 aliphatic carbocycles. The Kier molecular flexibility index (Phi) is 5.09. The van der Waals surface area contributed by atoms with Crippen molar-refractivity contribution in [3.05, 3.63) is 48.0 Å². The van der Waals surface area contributed by atoms with Crippen molar-refractivity contribution in [1.29, 1.82) is 0 Å². The fourth-order valence-electron chi connectivity index (χ4n) is 4.15. The Morgan fingerprint density at radius 1 is 1.17 bits per heavy atom. The molecule has 2 aromatic heterocycles. The molecule has 0 unspecified atom stereocenters. The molecular formula is C20H23N5O5. The summed E-state index contributed by atoms with van der Waals surface area (Å²) in [5.41, 5.74) is 9.01. The number of hydrogen-bond donors (Lipinski definition) is 3. The zero-order valence-electron chi connectivity index (χ0n) is 16.2. The Labute approximate surface area is 172 Å². The molecule has 0 radical (unpaired) electrons. The molecule has 10 heteroatoms. The highest BCUT2D eigenvalue weighted by molar-refractivity contribution is 5.81. The van der Waals surface area contributed by atoms with Gasteiger partial charge in [0, 0.05) is 0 Å². The first-order valence-electron chi connectivity index (χ1n) is 9.94. The fourth-order valence-corrected chi connectivity index (χ4v) is 4.15. The molecule has 0 amide bonds. The number of nitrogens with two attached hydrogens (primary N) is 1.